The molecule has 0 aromatic carbocycles. The molecule has 5 heteroatoms. The van der Waals surface area contributed by atoms with Gasteiger partial charge in [-0.2, -0.15) is 5.10 Å². The maximum atomic E-state index is 11.5. The number of rotatable bonds is 5. The molecule has 18 heavy (non-hydrogen) atoms. The zero-order chi connectivity index (χ0) is 13.2. The zero-order valence-electron chi connectivity index (χ0n) is 11.1. The Balaban J connectivity index is 2.17. The third kappa shape index (κ3) is 2.54. The van der Waals surface area contributed by atoms with E-state index in [9.17, 15) is 9.90 Å². The number of hydrogen-bond acceptors (Lipinski definition) is 3. The van der Waals surface area contributed by atoms with Crippen molar-refractivity contribution in [2.45, 2.75) is 52.5 Å². The largest absolute Gasteiger partial charge is 0.481 e. The highest BCUT2D eigenvalue weighted by molar-refractivity contribution is 5.75. The van der Waals surface area contributed by atoms with Gasteiger partial charge in [-0.3, -0.25) is 4.79 Å². The van der Waals surface area contributed by atoms with Crippen molar-refractivity contribution in [3.8, 4) is 0 Å². The van der Waals surface area contributed by atoms with E-state index in [0.29, 0.717) is 12.3 Å². The number of carboxylic acids is 1. The number of aliphatic carboxylic acids is 1. The van der Waals surface area contributed by atoms with Gasteiger partial charge < -0.3 is 5.11 Å². The summed E-state index contributed by atoms with van der Waals surface area (Å²) in [6, 6.07) is 0. The molecule has 1 saturated carbocycles. The lowest BCUT2D eigenvalue weighted by atomic mass is 9.82. The maximum Gasteiger partial charge on any atom is 0.310 e. The van der Waals surface area contributed by atoms with Gasteiger partial charge in [0.15, 0.2) is 0 Å². The molecule has 1 fully saturated rings. The van der Waals surface area contributed by atoms with Crippen LogP contribution in [0, 0.1) is 11.3 Å². The molecule has 0 amide bonds. The molecule has 100 valence electrons. The number of hydrogen-bond donors (Lipinski definition) is 1. The summed E-state index contributed by atoms with van der Waals surface area (Å²) in [6.45, 7) is 5.03. The van der Waals surface area contributed by atoms with E-state index in [1.807, 2.05) is 4.68 Å². The number of nitrogens with zero attached hydrogens (tertiary/aromatic N) is 3. The van der Waals surface area contributed by atoms with E-state index in [2.05, 4.69) is 23.9 Å². The third-order valence-corrected chi connectivity index (χ3v) is 3.74. The Bertz CT molecular complexity index is 420. The predicted molar refractivity (Wildman–Crippen MR) is 67.1 cm³/mol. The van der Waals surface area contributed by atoms with Crippen LogP contribution in [0.2, 0.25) is 0 Å². The van der Waals surface area contributed by atoms with Crippen LogP contribution >= 0.6 is 0 Å². The van der Waals surface area contributed by atoms with Crippen molar-refractivity contribution in [2.24, 2.45) is 11.3 Å². The van der Waals surface area contributed by atoms with Gasteiger partial charge in [-0.15, -0.1) is 0 Å². The monoisotopic (exact) mass is 251 g/mol. The van der Waals surface area contributed by atoms with Crippen LogP contribution in [-0.4, -0.2) is 25.8 Å². The summed E-state index contributed by atoms with van der Waals surface area (Å²) in [6.07, 6.45) is 5.57. The highest BCUT2D eigenvalue weighted by Crippen LogP contribution is 2.40. The summed E-state index contributed by atoms with van der Waals surface area (Å²) in [5.74, 6) is 0.613. The zero-order valence-corrected chi connectivity index (χ0v) is 11.1. The number of carbonyl (C=O) groups is 1. The summed E-state index contributed by atoms with van der Waals surface area (Å²) in [5.41, 5.74) is -0.609. The molecule has 0 radical (unpaired) electrons. The van der Waals surface area contributed by atoms with Gasteiger partial charge >= 0.3 is 5.97 Å². The molecule has 0 aliphatic heterocycles. The van der Waals surface area contributed by atoms with Crippen molar-refractivity contribution in [1.82, 2.24) is 14.8 Å². The van der Waals surface area contributed by atoms with E-state index in [1.165, 1.54) is 6.33 Å². The van der Waals surface area contributed by atoms with E-state index in [1.54, 1.807) is 0 Å². The van der Waals surface area contributed by atoms with E-state index >= 15 is 0 Å². The van der Waals surface area contributed by atoms with Crippen molar-refractivity contribution >= 4 is 5.97 Å². The second kappa shape index (κ2) is 5.08. The first-order valence-corrected chi connectivity index (χ1v) is 6.63. The SMILES string of the molecule is CC(C)Cn1ncnc1CC1(C(=O)O)CCCC1. The maximum absolute atomic E-state index is 11.5. The second-order valence-corrected chi connectivity index (χ2v) is 5.72. The summed E-state index contributed by atoms with van der Waals surface area (Å²) in [4.78, 5) is 15.8. The number of carboxylic acid groups (broad SMARTS) is 1. The van der Waals surface area contributed by atoms with Gasteiger partial charge in [-0.05, 0) is 18.8 Å². The minimum Gasteiger partial charge on any atom is -0.481 e. The van der Waals surface area contributed by atoms with Crippen molar-refractivity contribution in [3.63, 3.8) is 0 Å². The molecule has 1 N–H and O–H groups in total. The molecule has 0 bridgehead atoms. The van der Waals surface area contributed by atoms with Crippen LogP contribution in [0.3, 0.4) is 0 Å². The Morgan fingerprint density at radius 3 is 2.72 bits per heavy atom. The van der Waals surface area contributed by atoms with Crippen LogP contribution in [-0.2, 0) is 17.8 Å². The van der Waals surface area contributed by atoms with E-state index in [4.69, 9.17) is 0 Å². The fourth-order valence-electron chi connectivity index (χ4n) is 2.74. The lowest BCUT2D eigenvalue weighted by Gasteiger charge is -2.23. The van der Waals surface area contributed by atoms with Crippen molar-refractivity contribution in [2.75, 3.05) is 0 Å². The number of aromatic nitrogens is 3. The van der Waals surface area contributed by atoms with Gasteiger partial charge in [-0.25, -0.2) is 9.67 Å². The Morgan fingerprint density at radius 1 is 1.50 bits per heavy atom. The lowest BCUT2D eigenvalue weighted by Crippen LogP contribution is -2.31. The highest BCUT2D eigenvalue weighted by Gasteiger charge is 2.42. The molecule has 0 saturated heterocycles. The Kier molecular flexibility index (Phi) is 3.68. The summed E-state index contributed by atoms with van der Waals surface area (Å²) < 4.78 is 1.85. The standard InChI is InChI=1S/C13H21N3O2/c1-10(2)8-16-11(14-9-15-16)7-13(12(17)18)5-3-4-6-13/h9-10H,3-8H2,1-2H3,(H,17,18). The van der Waals surface area contributed by atoms with Crippen LogP contribution in [0.1, 0.15) is 45.4 Å². The van der Waals surface area contributed by atoms with E-state index in [0.717, 1.165) is 38.1 Å². The van der Waals surface area contributed by atoms with Gasteiger partial charge in [0, 0.05) is 13.0 Å². The van der Waals surface area contributed by atoms with Gasteiger partial charge in [-0.1, -0.05) is 26.7 Å². The molecule has 0 spiro atoms. The molecular weight excluding hydrogens is 230 g/mol. The molecule has 1 aliphatic carbocycles. The predicted octanol–water partition coefficient (Wildman–Crippen LogP) is 2.12. The van der Waals surface area contributed by atoms with Crippen LogP contribution in [0.25, 0.3) is 0 Å². The van der Waals surface area contributed by atoms with Crippen molar-refractivity contribution in [3.05, 3.63) is 12.2 Å². The normalized spacial score (nSPS) is 18.4. The summed E-state index contributed by atoms with van der Waals surface area (Å²) in [5, 5.41) is 13.7. The molecule has 1 aromatic heterocycles. The minimum atomic E-state index is -0.681. The molecular formula is C13H21N3O2. The lowest BCUT2D eigenvalue weighted by molar-refractivity contribution is -0.148. The van der Waals surface area contributed by atoms with Crippen molar-refractivity contribution < 1.29 is 9.90 Å². The van der Waals surface area contributed by atoms with Crippen LogP contribution in [0.15, 0.2) is 6.33 Å². The summed E-state index contributed by atoms with van der Waals surface area (Å²) in [7, 11) is 0. The first-order chi connectivity index (χ1) is 8.53. The van der Waals surface area contributed by atoms with E-state index in [-0.39, 0.29) is 0 Å². The molecule has 1 aliphatic rings. The molecule has 5 nitrogen and oxygen atoms in total. The molecule has 0 atom stereocenters. The molecule has 0 unspecified atom stereocenters. The topological polar surface area (TPSA) is 68.0 Å². The Morgan fingerprint density at radius 2 is 2.17 bits per heavy atom. The van der Waals surface area contributed by atoms with Crippen LogP contribution < -0.4 is 0 Å². The molecule has 1 aromatic rings. The fourth-order valence-corrected chi connectivity index (χ4v) is 2.74. The average Bonchev–Trinajstić information content (AvgIpc) is 2.89. The third-order valence-electron chi connectivity index (χ3n) is 3.74. The van der Waals surface area contributed by atoms with E-state index < -0.39 is 11.4 Å². The smallest absolute Gasteiger partial charge is 0.310 e. The first-order valence-electron chi connectivity index (χ1n) is 6.63. The Hall–Kier alpha value is -1.39. The van der Waals surface area contributed by atoms with Gasteiger partial charge in [0.2, 0.25) is 0 Å². The molecule has 2 rings (SSSR count). The average molecular weight is 251 g/mol. The quantitative estimate of drug-likeness (QED) is 0.870. The summed E-state index contributed by atoms with van der Waals surface area (Å²) >= 11 is 0. The van der Waals surface area contributed by atoms with Gasteiger partial charge in [0.25, 0.3) is 0 Å². The van der Waals surface area contributed by atoms with Crippen LogP contribution in [0.5, 0.6) is 0 Å². The second-order valence-electron chi connectivity index (χ2n) is 5.72. The van der Waals surface area contributed by atoms with Gasteiger partial charge in [0.05, 0.1) is 5.41 Å². The van der Waals surface area contributed by atoms with Crippen molar-refractivity contribution in [1.29, 1.82) is 0 Å². The Labute approximate surface area is 107 Å². The highest BCUT2D eigenvalue weighted by atomic mass is 16.4. The minimum absolute atomic E-state index is 0.481. The molecule has 1 heterocycles. The fraction of sp³-hybridized carbons (Fsp3) is 0.769. The van der Waals surface area contributed by atoms with Gasteiger partial charge in [0.1, 0.15) is 12.2 Å². The first kappa shape index (κ1) is 13.1. The van der Waals surface area contributed by atoms with Crippen LogP contribution in [0.4, 0.5) is 0 Å².